The summed E-state index contributed by atoms with van der Waals surface area (Å²) in [6, 6.07) is 8.27. The van der Waals surface area contributed by atoms with Gasteiger partial charge in [0.2, 0.25) is 5.91 Å². The summed E-state index contributed by atoms with van der Waals surface area (Å²) in [5.74, 6) is -0.168. The molecule has 1 fully saturated rings. The Morgan fingerprint density at radius 3 is 2.60 bits per heavy atom. The Kier molecular flexibility index (Phi) is 8.65. The van der Waals surface area contributed by atoms with Crippen molar-refractivity contribution in [3.63, 3.8) is 0 Å². The van der Waals surface area contributed by atoms with Gasteiger partial charge in [-0.2, -0.15) is 5.10 Å². The standard InChI is InChI=1S/C22H31N5O2S/c1-3-9-26(10-4-2)20-7-5-18(6-8-20)16-23-25-21(28)15-19-17-30-22(24-19)27-11-13-29-14-12-27/h5-8,16-17H,3-4,9-15H2,1-2H3,(H,25,28)/b23-16-. The number of hydrogen-bond donors (Lipinski definition) is 1. The first-order valence-electron chi connectivity index (χ1n) is 10.6. The van der Waals surface area contributed by atoms with Gasteiger partial charge in [-0.3, -0.25) is 4.79 Å². The number of hydrogen-bond acceptors (Lipinski definition) is 7. The maximum atomic E-state index is 12.2. The number of nitrogens with one attached hydrogen (secondary N) is 1. The second kappa shape index (κ2) is 11.7. The van der Waals surface area contributed by atoms with Gasteiger partial charge in [-0.1, -0.05) is 26.0 Å². The summed E-state index contributed by atoms with van der Waals surface area (Å²) in [7, 11) is 0. The quantitative estimate of drug-likeness (QED) is 0.464. The number of ether oxygens (including phenoxy) is 1. The van der Waals surface area contributed by atoms with E-state index in [2.05, 4.69) is 51.3 Å². The minimum Gasteiger partial charge on any atom is -0.378 e. The van der Waals surface area contributed by atoms with Crippen molar-refractivity contribution >= 4 is 34.3 Å². The van der Waals surface area contributed by atoms with Crippen molar-refractivity contribution in [1.29, 1.82) is 0 Å². The van der Waals surface area contributed by atoms with E-state index in [9.17, 15) is 4.79 Å². The summed E-state index contributed by atoms with van der Waals surface area (Å²) in [5.41, 5.74) is 5.54. The Morgan fingerprint density at radius 2 is 1.93 bits per heavy atom. The van der Waals surface area contributed by atoms with Crippen LogP contribution >= 0.6 is 11.3 Å². The number of aromatic nitrogens is 1. The van der Waals surface area contributed by atoms with Gasteiger partial charge in [0.25, 0.3) is 0 Å². The molecule has 2 aromatic rings. The molecule has 1 amide bonds. The minimum absolute atomic E-state index is 0.168. The number of anilines is 2. The normalized spacial score (nSPS) is 14.3. The van der Waals surface area contributed by atoms with Gasteiger partial charge >= 0.3 is 0 Å². The highest BCUT2D eigenvalue weighted by Gasteiger charge is 2.15. The van der Waals surface area contributed by atoms with Crippen molar-refractivity contribution in [1.82, 2.24) is 10.4 Å². The van der Waals surface area contributed by atoms with Crippen molar-refractivity contribution in [2.45, 2.75) is 33.1 Å². The van der Waals surface area contributed by atoms with Crippen LogP contribution in [0.2, 0.25) is 0 Å². The third-order valence-electron chi connectivity index (χ3n) is 4.81. The van der Waals surface area contributed by atoms with Crippen LogP contribution in [0.5, 0.6) is 0 Å². The van der Waals surface area contributed by atoms with Gasteiger partial charge in [0, 0.05) is 37.2 Å². The van der Waals surface area contributed by atoms with E-state index in [-0.39, 0.29) is 12.3 Å². The van der Waals surface area contributed by atoms with Gasteiger partial charge in [-0.15, -0.1) is 11.3 Å². The number of rotatable bonds is 10. The molecule has 1 aromatic heterocycles. The molecule has 1 aliphatic rings. The first-order chi connectivity index (χ1) is 14.7. The topological polar surface area (TPSA) is 70.1 Å². The van der Waals surface area contributed by atoms with Gasteiger partial charge < -0.3 is 14.5 Å². The Hall–Kier alpha value is -2.45. The summed E-state index contributed by atoms with van der Waals surface area (Å²) < 4.78 is 5.37. The third-order valence-corrected chi connectivity index (χ3v) is 5.76. The van der Waals surface area contributed by atoms with Crippen LogP contribution in [0.25, 0.3) is 0 Å². The van der Waals surface area contributed by atoms with E-state index in [0.717, 1.165) is 68.6 Å². The fourth-order valence-electron chi connectivity index (χ4n) is 3.34. The third kappa shape index (κ3) is 6.53. The molecule has 0 aliphatic carbocycles. The van der Waals surface area contributed by atoms with Gasteiger partial charge in [0.05, 0.1) is 31.5 Å². The summed E-state index contributed by atoms with van der Waals surface area (Å²) in [4.78, 5) is 21.3. The van der Waals surface area contributed by atoms with Gasteiger partial charge in [-0.25, -0.2) is 10.4 Å². The average molecular weight is 430 g/mol. The van der Waals surface area contributed by atoms with Crippen LogP contribution in [0.1, 0.15) is 37.9 Å². The molecule has 1 aromatic carbocycles. The first kappa shape index (κ1) is 22.2. The summed E-state index contributed by atoms with van der Waals surface area (Å²) in [5, 5.41) is 6.98. The van der Waals surface area contributed by atoms with Crippen molar-refractivity contribution in [3.8, 4) is 0 Å². The monoisotopic (exact) mass is 429 g/mol. The minimum atomic E-state index is -0.168. The van der Waals surface area contributed by atoms with Crippen LogP contribution in [0, 0.1) is 0 Å². The Labute approximate surface area is 182 Å². The molecule has 0 spiro atoms. The highest BCUT2D eigenvalue weighted by atomic mass is 32.1. The van der Waals surface area contributed by atoms with E-state index in [1.165, 1.54) is 5.69 Å². The molecule has 0 unspecified atom stereocenters. The SMILES string of the molecule is CCCN(CCC)c1ccc(/C=N\NC(=O)Cc2csc(N3CCOCC3)n2)cc1. The predicted molar refractivity (Wildman–Crippen MR) is 124 cm³/mol. The van der Waals surface area contributed by atoms with Crippen LogP contribution in [0.15, 0.2) is 34.7 Å². The number of hydrazone groups is 1. The van der Waals surface area contributed by atoms with Crippen LogP contribution in [0.3, 0.4) is 0 Å². The lowest BCUT2D eigenvalue weighted by Gasteiger charge is -2.26. The zero-order valence-electron chi connectivity index (χ0n) is 17.8. The molecule has 0 saturated carbocycles. The Balaban J connectivity index is 1.48. The number of amides is 1. The van der Waals surface area contributed by atoms with Crippen molar-refractivity contribution in [2.75, 3.05) is 49.2 Å². The van der Waals surface area contributed by atoms with Crippen LogP contribution < -0.4 is 15.2 Å². The molecule has 2 heterocycles. The second-order valence-electron chi connectivity index (χ2n) is 7.27. The number of benzene rings is 1. The highest BCUT2D eigenvalue weighted by molar-refractivity contribution is 7.13. The molecule has 0 bridgehead atoms. The average Bonchev–Trinajstić information content (AvgIpc) is 3.23. The van der Waals surface area contributed by atoms with Gasteiger partial charge in [-0.05, 0) is 30.5 Å². The maximum Gasteiger partial charge on any atom is 0.246 e. The zero-order valence-corrected chi connectivity index (χ0v) is 18.7. The van der Waals surface area contributed by atoms with Crippen LogP contribution in [-0.4, -0.2) is 56.5 Å². The Bertz CT molecular complexity index is 809. The number of morpholine rings is 1. The van der Waals surface area contributed by atoms with E-state index in [0.29, 0.717) is 0 Å². The van der Waals surface area contributed by atoms with Crippen LogP contribution in [-0.2, 0) is 16.0 Å². The molecule has 0 radical (unpaired) electrons. The first-order valence-corrected chi connectivity index (χ1v) is 11.5. The van der Waals surface area contributed by atoms with E-state index < -0.39 is 0 Å². The van der Waals surface area contributed by atoms with Crippen LogP contribution in [0.4, 0.5) is 10.8 Å². The molecule has 1 saturated heterocycles. The summed E-state index contributed by atoms with van der Waals surface area (Å²) in [6.45, 7) is 9.64. The molecule has 1 aliphatic heterocycles. The zero-order chi connectivity index (χ0) is 21.2. The molecule has 1 N–H and O–H groups in total. The molecule has 30 heavy (non-hydrogen) atoms. The predicted octanol–water partition coefficient (Wildman–Crippen LogP) is 3.30. The lowest BCUT2D eigenvalue weighted by molar-refractivity contribution is -0.120. The molecule has 162 valence electrons. The number of nitrogens with zero attached hydrogens (tertiary/aromatic N) is 4. The fraction of sp³-hybridized carbons (Fsp3) is 0.500. The van der Waals surface area contributed by atoms with Crippen molar-refractivity contribution < 1.29 is 9.53 Å². The molecule has 3 rings (SSSR count). The van der Waals surface area contributed by atoms with Crippen molar-refractivity contribution in [3.05, 3.63) is 40.9 Å². The smallest absolute Gasteiger partial charge is 0.246 e. The number of carbonyl (C=O) groups is 1. The highest BCUT2D eigenvalue weighted by Crippen LogP contribution is 2.21. The molecule has 8 heteroatoms. The lowest BCUT2D eigenvalue weighted by Crippen LogP contribution is -2.36. The molecular formula is C22H31N5O2S. The molecule has 0 atom stereocenters. The molecule has 7 nitrogen and oxygen atoms in total. The largest absolute Gasteiger partial charge is 0.378 e. The summed E-state index contributed by atoms with van der Waals surface area (Å²) in [6.07, 6.45) is 4.15. The van der Waals surface area contributed by atoms with E-state index >= 15 is 0 Å². The van der Waals surface area contributed by atoms with E-state index in [1.54, 1.807) is 17.6 Å². The van der Waals surface area contributed by atoms with E-state index in [1.807, 2.05) is 17.5 Å². The number of thiazole rings is 1. The van der Waals surface area contributed by atoms with E-state index in [4.69, 9.17) is 4.74 Å². The molecular weight excluding hydrogens is 398 g/mol. The fourth-order valence-corrected chi connectivity index (χ4v) is 4.22. The van der Waals surface area contributed by atoms with Gasteiger partial charge in [0.15, 0.2) is 5.13 Å². The number of carbonyl (C=O) groups excluding carboxylic acids is 1. The maximum absolute atomic E-state index is 12.2. The Morgan fingerprint density at radius 1 is 1.23 bits per heavy atom. The van der Waals surface area contributed by atoms with Gasteiger partial charge in [0.1, 0.15) is 0 Å². The lowest BCUT2D eigenvalue weighted by atomic mass is 10.2. The van der Waals surface area contributed by atoms with Crippen molar-refractivity contribution in [2.24, 2.45) is 5.10 Å². The summed E-state index contributed by atoms with van der Waals surface area (Å²) >= 11 is 1.57. The second-order valence-corrected chi connectivity index (χ2v) is 8.11.